The minimum Gasteiger partial charge on any atom is -0.385 e. The van der Waals surface area contributed by atoms with Crippen LogP contribution in [0.1, 0.15) is 75.1 Å². The van der Waals surface area contributed by atoms with E-state index >= 15 is 0 Å². The van der Waals surface area contributed by atoms with Crippen LogP contribution < -0.4 is 5.32 Å². The van der Waals surface area contributed by atoms with Crippen molar-refractivity contribution < 1.29 is 13.9 Å². The van der Waals surface area contributed by atoms with Gasteiger partial charge in [0.05, 0.1) is 18.0 Å². The Bertz CT molecular complexity index is 748. The molecule has 1 atom stereocenters. The van der Waals surface area contributed by atoms with Crippen LogP contribution in [0, 0.1) is 11.6 Å². The fourth-order valence-electron chi connectivity index (χ4n) is 4.00. The van der Waals surface area contributed by atoms with E-state index in [4.69, 9.17) is 0 Å². The molecule has 2 aromatic rings. The number of rotatable bonds is 5. The summed E-state index contributed by atoms with van der Waals surface area (Å²) in [4.78, 5) is 3.53. The number of halogens is 2. The maximum atomic E-state index is 13.9. The van der Waals surface area contributed by atoms with Crippen LogP contribution in [-0.2, 0) is 5.60 Å². The maximum absolute atomic E-state index is 13.9. The SMILES string of the molecule is CC(C)c1ccc(C2(O)CCC(NC(C)c3c(F)cncc3F)CC2)cc1. The molecule has 1 aliphatic carbocycles. The van der Waals surface area contributed by atoms with Crippen LogP contribution in [0.5, 0.6) is 0 Å². The summed E-state index contributed by atoms with van der Waals surface area (Å²) in [7, 11) is 0. The number of hydrogen-bond acceptors (Lipinski definition) is 3. The number of nitrogens with one attached hydrogen (secondary N) is 1. The zero-order chi connectivity index (χ0) is 19.6. The monoisotopic (exact) mass is 374 g/mol. The summed E-state index contributed by atoms with van der Waals surface area (Å²) < 4.78 is 27.8. The quantitative estimate of drug-likeness (QED) is 0.777. The summed E-state index contributed by atoms with van der Waals surface area (Å²) in [6.45, 7) is 6.05. The van der Waals surface area contributed by atoms with Gasteiger partial charge in [-0.1, -0.05) is 38.1 Å². The van der Waals surface area contributed by atoms with Crippen molar-refractivity contribution in [3.8, 4) is 0 Å². The lowest BCUT2D eigenvalue weighted by Gasteiger charge is -2.38. The van der Waals surface area contributed by atoms with Crippen LogP contribution in [0.2, 0.25) is 0 Å². The fourth-order valence-corrected chi connectivity index (χ4v) is 4.00. The van der Waals surface area contributed by atoms with Gasteiger partial charge in [0.15, 0.2) is 0 Å². The van der Waals surface area contributed by atoms with E-state index in [0.717, 1.165) is 30.8 Å². The number of hydrogen-bond donors (Lipinski definition) is 2. The Morgan fingerprint density at radius 3 is 2.11 bits per heavy atom. The molecule has 2 N–H and O–H groups in total. The van der Waals surface area contributed by atoms with Gasteiger partial charge in [0, 0.05) is 17.6 Å². The molecule has 27 heavy (non-hydrogen) atoms. The lowest BCUT2D eigenvalue weighted by molar-refractivity contribution is -0.00931. The highest BCUT2D eigenvalue weighted by atomic mass is 19.1. The topological polar surface area (TPSA) is 45.1 Å². The standard InChI is InChI=1S/C22H28F2N2O/c1-14(2)16-4-6-17(7-5-16)22(27)10-8-18(9-11-22)26-15(3)21-19(23)12-25-13-20(21)24/h4-7,12-15,18,26-27H,8-11H2,1-3H3. The van der Waals surface area contributed by atoms with Gasteiger partial charge in [-0.2, -0.15) is 0 Å². The van der Waals surface area contributed by atoms with Crippen molar-refractivity contribution >= 4 is 0 Å². The average Bonchev–Trinajstić information content (AvgIpc) is 2.64. The van der Waals surface area contributed by atoms with E-state index < -0.39 is 23.3 Å². The Hall–Kier alpha value is -1.85. The van der Waals surface area contributed by atoms with Gasteiger partial charge in [-0.3, -0.25) is 4.98 Å². The van der Waals surface area contributed by atoms with E-state index in [2.05, 4.69) is 36.3 Å². The molecular weight excluding hydrogens is 346 g/mol. The minimum atomic E-state index is -0.829. The molecule has 1 saturated carbocycles. The largest absolute Gasteiger partial charge is 0.385 e. The van der Waals surface area contributed by atoms with Crippen LogP contribution in [0.25, 0.3) is 0 Å². The van der Waals surface area contributed by atoms with E-state index in [1.54, 1.807) is 6.92 Å². The normalized spacial score (nSPS) is 24.2. The molecule has 0 aliphatic heterocycles. The molecule has 0 radical (unpaired) electrons. The van der Waals surface area contributed by atoms with Crippen molar-refractivity contribution in [1.29, 1.82) is 0 Å². The summed E-state index contributed by atoms with van der Waals surface area (Å²) >= 11 is 0. The lowest BCUT2D eigenvalue weighted by atomic mass is 9.77. The third-order valence-corrected chi connectivity index (χ3v) is 5.74. The van der Waals surface area contributed by atoms with Crippen molar-refractivity contribution in [2.24, 2.45) is 0 Å². The van der Waals surface area contributed by atoms with Crippen molar-refractivity contribution in [3.05, 3.63) is 65.0 Å². The van der Waals surface area contributed by atoms with Gasteiger partial charge in [0.1, 0.15) is 11.6 Å². The molecule has 0 amide bonds. The van der Waals surface area contributed by atoms with E-state index in [-0.39, 0.29) is 11.6 Å². The molecule has 1 fully saturated rings. The van der Waals surface area contributed by atoms with Crippen molar-refractivity contribution in [2.75, 3.05) is 0 Å². The second-order valence-electron chi connectivity index (χ2n) is 7.99. The summed E-state index contributed by atoms with van der Waals surface area (Å²) in [6, 6.07) is 7.87. The van der Waals surface area contributed by atoms with E-state index in [9.17, 15) is 13.9 Å². The number of nitrogens with zero attached hydrogens (tertiary/aromatic N) is 1. The van der Waals surface area contributed by atoms with Crippen LogP contribution in [-0.4, -0.2) is 16.1 Å². The van der Waals surface area contributed by atoms with Gasteiger partial charge in [-0.05, 0) is 49.7 Å². The molecule has 1 aromatic heterocycles. The molecule has 1 aliphatic rings. The zero-order valence-corrected chi connectivity index (χ0v) is 16.2. The summed E-state index contributed by atoms with van der Waals surface area (Å²) in [5.41, 5.74) is 1.40. The predicted molar refractivity (Wildman–Crippen MR) is 102 cm³/mol. The Morgan fingerprint density at radius 2 is 1.59 bits per heavy atom. The number of aliphatic hydroxyl groups is 1. The molecule has 0 spiro atoms. The van der Waals surface area contributed by atoms with Crippen molar-refractivity contribution in [2.45, 2.75) is 70.1 Å². The predicted octanol–water partition coefficient (Wildman–Crippen LogP) is 4.96. The van der Waals surface area contributed by atoms with Crippen LogP contribution in [0.15, 0.2) is 36.7 Å². The molecule has 146 valence electrons. The highest BCUT2D eigenvalue weighted by Gasteiger charge is 2.35. The highest BCUT2D eigenvalue weighted by Crippen LogP contribution is 2.38. The molecule has 3 rings (SSSR count). The van der Waals surface area contributed by atoms with Gasteiger partial charge in [-0.15, -0.1) is 0 Å². The number of benzene rings is 1. The molecule has 0 bridgehead atoms. The van der Waals surface area contributed by atoms with Crippen LogP contribution >= 0.6 is 0 Å². The summed E-state index contributed by atoms with van der Waals surface area (Å²) in [5, 5.41) is 14.4. The van der Waals surface area contributed by atoms with Gasteiger partial charge in [-0.25, -0.2) is 8.78 Å². The van der Waals surface area contributed by atoms with Gasteiger partial charge in [0.2, 0.25) is 0 Å². The lowest BCUT2D eigenvalue weighted by Crippen LogP contribution is -2.41. The molecule has 1 heterocycles. The zero-order valence-electron chi connectivity index (χ0n) is 16.2. The first-order chi connectivity index (χ1) is 12.8. The Balaban J connectivity index is 1.63. The summed E-state index contributed by atoms with van der Waals surface area (Å²) in [6.07, 6.45) is 4.83. The molecule has 0 saturated heterocycles. The molecule has 1 unspecified atom stereocenters. The summed E-state index contributed by atoms with van der Waals surface area (Å²) in [5.74, 6) is -0.802. The van der Waals surface area contributed by atoms with Gasteiger partial charge in [0.25, 0.3) is 0 Å². The molecule has 1 aromatic carbocycles. The fraction of sp³-hybridized carbons (Fsp3) is 0.500. The van der Waals surface area contributed by atoms with E-state index in [0.29, 0.717) is 18.8 Å². The first-order valence-corrected chi connectivity index (χ1v) is 9.68. The Kier molecular flexibility index (Phi) is 5.92. The second kappa shape index (κ2) is 8.03. The smallest absolute Gasteiger partial charge is 0.149 e. The Labute approximate surface area is 159 Å². The maximum Gasteiger partial charge on any atom is 0.149 e. The van der Waals surface area contributed by atoms with Crippen molar-refractivity contribution in [3.63, 3.8) is 0 Å². The average molecular weight is 374 g/mol. The molecular formula is C22H28F2N2O. The molecule has 3 nitrogen and oxygen atoms in total. The van der Waals surface area contributed by atoms with E-state index in [1.807, 2.05) is 12.1 Å². The Morgan fingerprint density at radius 1 is 1.04 bits per heavy atom. The van der Waals surface area contributed by atoms with Crippen LogP contribution in [0.3, 0.4) is 0 Å². The van der Waals surface area contributed by atoms with E-state index in [1.165, 1.54) is 5.56 Å². The first-order valence-electron chi connectivity index (χ1n) is 9.68. The first kappa shape index (κ1) is 19.9. The molecule has 5 heteroatoms. The number of aromatic nitrogens is 1. The van der Waals surface area contributed by atoms with Crippen molar-refractivity contribution in [1.82, 2.24) is 10.3 Å². The third-order valence-electron chi connectivity index (χ3n) is 5.74. The van der Waals surface area contributed by atoms with Gasteiger partial charge >= 0.3 is 0 Å². The minimum absolute atomic E-state index is 0.0232. The highest BCUT2D eigenvalue weighted by molar-refractivity contribution is 5.29. The van der Waals surface area contributed by atoms with Crippen LogP contribution in [0.4, 0.5) is 8.78 Å². The van der Waals surface area contributed by atoms with Gasteiger partial charge < -0.3 is 10.4 Å². The third kappa shape index (κ3) is 4.36. The number of pyridine rings is 1. The second-order valence-corrected chi connectivity index (χ2v) is 7.99.